The molecule has 6 aromatic rings. The number of piperidine rings is 2. The molecule has 572 valence electrons. The maximum absolute atomic E-state index is 13.8. The number of amides is 2. The smallest absolute Gasteiger partial charge is 0.411 e. The second-order valence-electron chi connectivity index (χ2n) is 36.4. The Kier molecular flexibility index (Phi) is 28.7. The summed E-state index contributed by atoms with van der Waals surface area (Å²) in [6.45, 7) is 54.5. The van der Waals surface area contributed by atoms with Crippen molar-refractivity contribution in [1.29, 1.82) is 0 Å². The molecule has 2 aliphatic rings. The van der Waals surface area contributed by atoms with Gasteiger partial charge < -0.3 is 47.7 Å². The van der Waals surface area contributed by atoms with E-state index in [4.69, 9.17) is 57.9 Å². The van der Waals surface area contributed by atoms with Crippen molar-refractivity contribution in [3.05, 3.63) is 76.0 Å². The molecule has 2 saturated heterocycles. The number of likely N-dealkylation sites (tertiary alicyclic amines) is 2. The molecule has 2 amide bonds. The molecule has 2 aliphatic heterocycles. The van der Waals surface area contributed by atoms with Gasteiger partial charge in [-0.25, -0.2) is 29.1 Å². The van der Waals surface area contributed by atoms with Crippen LogP contribution in [0, 0.1) is 3.57 Å². The van der Waals surface area contributed by atoms with E-state index in [1.165, 1.54) is 9.80 Å². The van der Waals surface area contributed by atoms with E-state index in [-0.39, 0.29) is 24.9 Å². The van der Waals surface area contributed by atoms with Crippen molar-refractivity contribution >= 4 is 113 Å². The summed E-state index contributed by atoms with van der Waals surface area (Å²) in [4.78, 5) is 76.5. The third kappa shape index (κ3) is 27.0. The van der Waals surface area contributed by atoms with Gasteiger partial charge in [-0.2, -0.15) is 19.2 Å². The third-order valence-corrected chi connectivity index (χ3v) is 24.6. The predicted molar refractivity (Wildman–Crippen MR) is 429 cm³/mol. The fourth-order valence-corrected chi connectivity index (χ4v) is 14.9. The number of carbonyl (C=O) groups excluding carboxylic acids is 4. The Morgan fingerprint density at radius 2 is 0.854 bits per heavy atom. The normalized spacial score (nSPS) is 17.5. The Hall–Kier alpha value is -5.61. The first-order chi connectivity index (χ1) is 47.6. The number of carbonyl (C=O) groups is 4. The lowest BCUT2D eigenvalue weighted by Gasteiger charge is -2.39. The Bertz CT molecular complexity index is 3780. The summed E-state index contributed by atoms with van der Waals surface area (Å²) in [6.07, 6.45) is 6.49. The van der Waals surface area contributed by atoms with E-state index in [1.54, 1.807) is 6.20 Å². The van der Waals surface area contributed by atoms with Gasteiger partial charge in [0.05, 0.1) is 32.9 Å². The van der Waals surface area contributed by atoms with E-state index in [2.05, 4.69) is 122 Å². The van der Waals surface area contributed by atoms with Crippen LogP contribution in [-0.2, 0) is 47.5 Å². The molecule has 5 aromatic heterocycles. The number of aromatic nitrogens is 7. The van der Waals surface area contributed by atoms with Gasteiger partial charge in [0.15, 0.2) is 11.3 Å². The van der Waals surface area contributed by atoms with Gasteiger partial charge in [-0.15, -0.1) is 0 Å². The maximum Gasteiger partial charge on any atom is 0.411 e. The molecule has 103 heavy (non-hydrogen) atoms. The minimum Gasteiger partial charge on any atom is -0.458 e. The number of benzene rings is 1. The Labute approximate surface area is 631 Å². The van der Waals surface area contributed by atoms with Crippen LogP contribution in [0.4, 0.5) is 21.2 Å². The van der Waals surface area contributed by atoms with Crippen molar-refractivity contribution in [1.82, 2.24) is 44.0 Å². The van der Waals surface area contributed by atoms with E-state index >= 15 is 0 Å². The molecule has 0 radical (unpaired) electrons. The van der Waals surface area contributed by atoms with Gasteiger partial charge in [0.25, 0.3) is 0 Å². The number of ether oxygens (including phenoxy) is 8. The number of hydrogen-bond donors (Lipinski definition) is 0. The first kappa shape index (κ1) is 84.6. The van der Waals surface area contributed by atoms with Gasteiger partial charge in [-0.05, 0) is 168 Å². The van der Waals surface area contributed by atoms with Crippen LogP contribution in [-0.4, -0.2) is 201 Å². The molecular weight excluding hydrogens is 1490 g/mol. The van der Waals surface area contributed by atoms with Gasteiger partial charge in [-0.1, -0.05) is 96.8 Å². The number of halogens is 1. The van der Waals surface area contributed by atoms with E-state index in [0.717, 1.165) is 78.4 Å². The third-order valence-electron chi connectivity index (χ3n) is 17.0. The number of pyridine rings is 1. The molecule has 4 atom stereocenters. The maximum atomic E-state index is 13.8. The Balaban J connectivity index is 0.000000293. The summed E-state index contributed by atoms with van der Waals surface area (Å²) in [7, 11) is -5.18. The minimum atomic E-state index is -1.33. The zero-order valence-electron chi connectivity index (χ0n) is 66.5. The predicted octanol–water partition coefficient (Wildman–Crippen LogP) is 16.8. The van der Waals surface area contributed by atoms with Crippen molar-refractivity contribution in [2.75, 3.05) is 76.2 Å². The van der Waals surface area contributed by atoms with Crippen molar-refractivity contribution < 1.29 is 57.1 Å². The molecule has 8 rings (SSSR count). The van der Waals surface area contributed by atoms with E-state index in [9.17, 15) is 19.2 Å². The molecular formula is C75H122IN11O12Si4. The van der Waals surface area contributed by atoms with Gasteiger partial charge in [0.2, 0.25) is 0 Å². The number of anilines is 2. The first-order valence-electron chi connectivity index (χ1n) is 36.6. The zero-order valence-corrected chi connectivity index (χ0v) is 72.7. The first-order valence-corrected chi connectivity index (χ1v) is 52.5. The molecule has 0 bridgehead atoms. The highest BCUT2D eigenvalue weighted by Gasteiger charge is 2.44. The average Bonchev–Trinajstić information content (AvgIpc) is 1.70. The molecule has 0 aliphatic carbocycles. The van der Waals surface area contributed by atoms with Crippen LogP contribution in [0.1, 0.15) is 132 Å². The monoisotopic (exact) mass is 1610 g/mol. The van der Waals surface area contributed by atoms with Crippen LogP contribution in [0.5, 0.6) is 0 Å². The minimum absolute atomic E-state index is 0.141. The van der Waals surface area contributed by atoms with Gasteiger partial charge >= 0.3 is 24.1 Å². The van der Waals surface area contributed by atoms with Crippen molar-refractivity contribution in [2.24, 2.45) is 0 Å². The average molecular weight is 1610 g/mol. The highest BCUT2D eigenvalue weighted by atomic mass is 127. The number of esters is 2. The quantitative estimate of drug-likeness (QED) is 0.0117. The lowest BCUT2D eigenvalue weighted by Crippen LogP contribution is -2.53. The van der Waals surface area contributed by atoms with Gasteiger partial charge in [0.1, 0.15) is 73.0 Å². The molecule has 0 spiro atoms. The van der Waals surface area contributed by atoms with Crippen molar-refractivity contribution in [3.8, 4) is 11.1 Å². The van der Waals surface area contributed by atoms with E-state index in [0.29, 0.717) is 84.7 Å². The second kappa shape index (κ2) is 35.0. The Morgan fingerprint density at radius 1 is 0.485 bits per heavy atom. The lowest BCUT2D eigenvalue weighted by atomic mass is 9.90. The molecule has 1 aromatic carbocycles. The summed E-state index contributed by atoms with van der Waals surface area (Å²) >= 11 is 2.26. The standard InChI is InChI=1S/C42H64N6O6Si2.C33H58IN5O6Si2/c1-41(2,3)53-39(49)36-18-17-31(27-47(36)40(50)54-42(4,5)6)35-24-37(46(28-51-19-21-55(7,8)9)29-52-20-22-56(10,11)12)48-38(45-35)33(26-44-48)32-23-30-15-13-14-16-34(30)43-25-32;1-32(2,3)44-30(40)27-14-13-24(21-38(27)31(41)45-33(4,5)6)26-19-28(39-29(36-26)25(34)20-35-39)37(22-42-15-17-46(7,8)9)23-43-16-18-47(10,11)12/h13-16,23-26,31,36H,17-22,27-29H2,1-12H3;19-20,24,27H,13-18,21-23H2,1-12H3/t31-,36-;24-,27-/m00/s1. The van der Waals surface area contributed by atoms with Crippen LogP contribution in [0.3, 0.4) is 0 Å². The van der Waals surface area contributed by atoms with Crippen LogP contribution in [0.2, 0.25) is 103 Å². The lowest BCUT2D eigenvalue weighted by molar-refractivity contribution is -0.163. The number of hydrogen-bond acceptors (Lipinski definition) is 19. The van der Waals surface area contributed by atoms with Crippen LogP contribution >= 0.6 is 22.6 Å². The summed E-state index contributed by atoms with van der Waals surface area (Å²) in [5.41, 5.74) is 2.75. The SMILES string of the molecule is CC(C)(C)OC(=O)[C@@H]1CC[C@H](c2cc(N(COCC[Si](C)(C)C)COCC[Si](C)(C)C)n3ncc(-c4cnc5ccccc5c4)c3n2)CN1C(=O)OC(C)(C)C.CC(C)(C)OC(=O)[C@@H]1CC[C@H](c2cc(N(COCC[Si](C)(C)C)COCC[Si](C)(C)C)n3ncc(I)c3n2)CN1C(=O)OC(C)(C)C. The molecule has 23 nitrogen and oxygen atoms in total. The van der Waals surface area contributed by atoms with Crippen LogP contribution in [0.15, 0.2) is 61.1 Å². The fourth-order valence-electron chi connectivity index (χ4n) is 11.4. The highest BCUT2D eigenvalue weighted by molar-refractivity contribution is 14.1. The zero-order chi connectivity index (χ0) is 76.4. The molecule has 2 fully saturated rings. The number of nitrogens with zero attached hydrogens (tertiary/aromatic N) is 11. The topological polar surface area (TPSA) is 228 Å². The summed E-state index contributed by atoms with van der Waals surface area (Å²) in [6, 6.07) is 16.9. The summed E-state index contributed by atoms with van der Waals surface area (Å²) in [5, 5.41) is 10.6. The number of para-hydroxylation sites is 1. The second-order valence-corrected chi connectivity index (χ2v) is 60.0. The largest absolute Gasteiger partial charge is 0.458 e. The highest BCUT2D eigenvalue weighted by Crippen LogP contribution is 2.38. The Morgan fingerprint density at radius 3 is 1.24 bits per heavy atom. The number of fused-ring (bicyclic) bond motifs is 3. The van der Waals surface area contributed by atoms with Gasteiger partial charge in [-0.3, -0.25) is 14.8 Å². The summed E-state index contributed by atoms with van der Waals surface area (Å²) in [5.74, 6) is 0.359. The molecule has 0 N–H and O–H groups in total. The van der Waals surface area contributed by atoms with Crippen molar-refractivity contribution in [3.63, 3.8) is 0 Å². The van der Waals surface area contributed by atoms with Crippen molar-refractivity contribution in [2.45, 2.75) is 258 Å². The van der Waals surface area contributed by atoms with Crippen LogP contribution < -0.4 is 9.80 Å². The van der Waals surface area contributed by atoms with Crippen LogP contribution in [0.25, 0.3) is 33.3 Å². The molecule has 7 heterocycles. The number of rotatable bonds is 27. The van der Waals surface area contributed by atoms with E-state index in [1.807, 2.05) is 141 Å². The van der Waals surface area contributed by atoms with E-state index < -0.39 is 90.9 Å². The molecule has 0 saturated carbocycles. The molecule has 0 unspecified atom stereocenters. The summed E-state index contributed by atoms with van der Waals surface area (Å²) < 4.78 is 53.0. The van der Waals surface area contributed by atoms with Gasteiger partial charge in [0, 0.05) is 118 Å². The molecule has 28 heteroatoms. The fraction of sp³-hybridized carbons (Fsp3) is 0.667.